The maximum absolute atomic E-state index is 12.5. The zero-order valence-corrected chi connectivity index (χ0v) is 16.3. The predicted molar refractivity (Wildman–Crippen MR) is 109 cm³/mol. The van der Waals surface area contributed by atoms with Crippen molar-refractivity contribution in [3.63, 3.8) is 0 Å². The van der Waals surface area contributed by atoms with Crippen LogP contribution in [0.1, 0.15) is 22.8 Å². The van der Waals surface area contributed by atoms with Crippen molar-refractivity contribution in [1.82, 2.24) is 0 Å². The molecule has 4 nitrogen and oxygen atoms in total. The second-order valence-corrected chi connectivity index (χ2v) is 7.11. The summed E-state index contributed by atoms with van der Waals surface area (Å²) >= 11 is 7.19. The molecule has 1 amide bonds. The molecule has 0 aliphatic rings. The Morgan fingerprint density at radius 2 is 1.78 bits per heavy atom. The van der Waals surface area contributed by atoms with Crippen LogP contribution < -0.4 is 5.32 Å². The Labute approximate surface area is 166 Å². The molecule has 0 radical (unpaired) electrons. The van der Waals surface area contributed by atoms with E-state index in [2.05, 4.69) is 5.32 Å². The van der Waals surface area contributed by atoms with E-state index < -0.39 is 5.97 Å². The topological polar surface area (TPSA) is 55.4 Å². The molecule has 138 valence electrons. The molecule has 0 spiro atoms. The van der Waals surface area contributed by atoms with Crippen molar-refractivity contribution in [1.29, 1.82) is 0 Å². The van der Waals surface area contributed by atoms with Gasteiger partial charge in [0.15, 0.2) is 0 Å². The molecule has 0 aliphatic heterocycles. The lowest BCUT2D eigenvalue weighted by atomic mass is 10.0. The minimum atomic E-state index is -0.445. The number of halogens is 1. The third-order valence-corrected chi connectivity index (χ3v) is 5.03. The number of anilines is 1. The van der Waals surface area contributed by atoms with Gasteiger partial charge in [-0.1, -0.05) is 54.1 Å². The first-order chi connectivity index (χ1) is 13.1. The molecular formula is C21H18ClNO3S. The Kier molecular flexibility index (Phi) is 6.27. The Bertz CT molecular complexity index is 936. The average Bonchev–Trinajstić information content (AvgIpc) is 3.08. The maximum atomic E-state index is 12.5. The molecule has 2 aromatic carbocycles. The van der Waals surface area contributed by atoms with Crippen LogP contribution in [0, 0.1) is 0 Å². The van der Waals surface area contributed by atoms with Crippen molar-refractivity contribution in [2.75, 3.05) is 11.9 Å². The maximum Gasteiger partial charge on any atom is 0.341 e. The zero-order valence-electron chi connectivity index (χ0n) is 14.7. The lowest BCUT2D eigenvalue weighted by Crippen LogP contribution is -2.16. The second kappa shape index (κ2) is 8.84. The number of hydrogen-bond acceptors (Lipinski definition) is 4. The Morgan fingerprint density at radius 1 is 1.07 bits per heavy atom. The highest BCUT2D eigenvalue weighted by atomic mass is 35.5. The van der Waals surface area contributed by atoms with Gasteiger partial charge in [0.2, 0.25) is 5.91 Å². The quantitative estimate of drug-likeness (QED) is 0.562. The number of benzene rings is 2. The molecule has 1 aromatic heterocycles. The molecule has 3 rings (SSSR count). The Hall–Kier alpha value is -2.63. The number of thiophene rings is 1. The minimum Gasteiger partial charge on any atom is -0.462 e. The van der Waals surface area contributed by atoms with Gasteiger partial charge in [0.05, 0.1) is 13.0 Å². The first-order valence-electron chi connectivity index (χ1n) is 8.46. The molecule has 0 bridgehead atoms. The van der Waals surface area contributed by atoms with Gasteiger partial charge in [-0.15, -0.1) is 11.3 Å². The highest BCUT2D eigenvalue weighted by Gasteiger charge is 2.22. The van der Waals surface area contributed by atoms with Crippen LogP contribution in [-0.2, 0) is 16.0 Å². The average molecular weight is 400 g/mol. The monoisotopic (exact) mass is 399 g/mol. The Balaban J connectivity index is 1.86. The van der Waals surface area contributed by atoms with Gasteiger partial charge in [0.25, 0.3) is 0 Å². The predicted octanol–water partition coefficient (Wildman–Crippen LogP) is 5.43. The summed E-state index contributed by atoms with van der Waals surface area (Å²) in [4.78, 5) is 25.0. The van der Waals surface area contributed by atoms with E-state index in [0.29, 0.717) is 15.6 Å². The summed E-state index contributed by atoms with van der Waals surface area (Å²) in [6.07, 6.45) is 0.192. The summed E-state index contributed by atoms with van der Waals surface area (Å²) in [6, 6.07) is 16.7. The summed E-state index contributed by atoms with van der Waals surface area (Å²) in [7, 11) is 0. The summed E-state index contributed by atoms with van der Waals surface area (Å²) in [5, 5.41) is 5.82. The number of amides is 1. The minimum absolute atomic E-state index is 0.192. The Morgan fingerprint density at radius 3 is 2.44 bits per heavy atom. The molecular weight excluding hydrogens is 382 g/mol. The number of esters is 1. The normalized spacial score (nSPS) is 10.4. The fraction of sp³-hybridized carbons (Fsp3) is 0.143. The van der Waals surface area contributed by atoms with E-state index in [4.69, 9.17) is 16.3 Å². The summed E-state index contributed by atoms with van der Waals surface area (Å²) in [5.74, 6) is -0.649. The van der Waals surface area contributed by atoms with E-state index in [1.165, 1.54) is 11.3 Å². The summed E-state index contributed by atoms with van der Waals surface area (Å²) in [5.41, 5.74) is 2.88. The van der Waals surface area contributed by atoms with E-state index in [0.717, 1.165) is 16.7 Å². The molecule has 1 N–H and O–H groups in total. The van der Waals surface area contributed by atoms with Gasteiger partial charge in [-0.2, -0.15) is 0 Å². The summed E-state index contributed by atoms with van der Waals surface area (Å²) < 4.78 is 5.20. The van der Waals surface area contributed by atoms with Crippen molar-refractivity contribution in [2.24, 2.45) is 0 Å². The SMILES string of the molecule is CCOC(=O)c1c(-c2ccccc2)csc1NC(=O)Cc1ccc(Cl)cc1. The van der Waals surface area contributed by atoms with E-state index in [-0.39, 0.29) is 18.9 Å². The largest absolute Gasteiger partial charge is 0.462 e. The fourth-order valence-corrected chi connectivity index (χ4v) is 3.74. The van der Waals surface area contributed by atoms with Gasteiger partial charge < -0.3 is 10.1 Å². The van der Waals surface area contributed by atoms with E-state index in [1.807, 2.05) is 35.7 Å². The molecule has 1 heterocycles. The van der Waals surface area contributed by atoms with E-state index in [1.54, 1.807) is 31.2 Å². The summed E-state index contributed by atoms with van der Waals surface area (Å²) in [6.45, 7) is 2.02. The van der Waals surface area contributed by atoms with Crippen molar-refractivity contribution in [3.05, 3.63) is 76.1 Å². The van der Waals surface area contributed by atoms with Crippen LogP contribution >= 0.6 is 22.9 Å². The highest BCUT2D eigenvalue weighted by molar-refractivity contribution is 7.15. The van der Waals surface area contributed by atoms with Crippen molar-refractivity contribution >= 4 is 39.8 Å². The van der Waals surface area contributed by atoms with Gasteiger partial charge >= 0.3 is 5.97 Å². The van der Waals surface area contributed by atoms with Crippen LogP contribution in [0.5, 0.6) is 0 Å². The molecule has 0 fully saturated rings. The van der Waals surface area contributed by atoms with E-state index in [9.17, 15) is 9.59 Å². The van der Waals surface area contributed by atoms with Crippen LogP contribution in [0.15, 0.2) is 60.0 Å². The van der Waals surface area contributed by atoms with Crippen molar-refractivity contribution < 1.29 is 14.3 Å². The lowest BCUT2D eigenvalue weighted by molar-refractivity contribution is -0.115. The van der Waals surface area contributed by atoms with Crippen LogP contribution in [0.25, 0.3) is 11.1 Å². The molecule has 3 aromatic rings. The van der Waals surface area contributed by atoms with E-state index >= 15 is 0 Å². The zero-order chi connectivity index (χ0) is 19.2. The van der Waals surface area contributed by atoms with Crippen molar-refractivity contribution in [3.8, 4) is 11.1 Å². The number of nitrogens with one attached hydrogen (secondary N) is 1. The molecule has 0 atom stereocenters. The standard InChI is InChI=1S/C21H18ClNO3S/c1-2-26-21(25)19-17(15-6-4-3-5-7-15)13-27-20(19)23-18(24)12-14-8-10-16(22)11-9-14/h3-11,13H,2,12H2,1H3,(H,23,24). The van der Waals surface area contributed by atoms with Crippen LogP contribution in [-0.4, -0.2) is 18.5 Å². The number of carbonyl (C=O) groups is 2. The fourth-order valence-electron chi connectivity index (χ4n) is 2.64. The first kappa shape index (κ1) is 19.1. The molecule has 27 heavy (non-hydrogen) atoms. The molecule has 0 unspecified atom stereocenters. The second-order valence-electron chi connectivity index (χ2n) is 5.79. The molecule has 0 saturated carbocycles. The molecule has 0 aliphatic carbocycles. The van der Waals surface area contributed by atoms with Gasteiger partial charge in [-0.3, -0.25) is 4.79 Å². The van der Waals surface area contributed by atoms with Gasteiger partial charge in [-0.05, 0) is 30.2 Å². The van der Waals surface area contributed by atoms with Crippen molar-refractivity contribution in [2.45, 2.75) is 13.3 Å². The smallest absolute Gasteiger partial charge is 0.341 e. The van der Waals surface area contributed by atoms with Crippen LogP contribution in [0.3, 0.4) is 0 Å². The van der Waals surface area contributed by atoms with Gasteiger partial charge in [0, 0.05) is 16.0 Å². The molecule has 0 saturated heterocycles. The van der Waals surface area contributed by atoms with Crippen LogP contribution in [0.2, 0.25) is 5.02 Å². The van der Waals surface area contributed by atoms with Gasteiger partial charge in [0.1, 0.15) is 10.6 Å². The first-order valence-corrected chi connectivity index (χ1v) is 9.72. The van der Waals surface area contributed by atoms with Gasteiger partial charge in [-0.25, -0.2) is 4.79 Å². The lowest BCUT2D eigenvalue weighted by Gasteiger charge is -2.09. The number of carbonyl (C=O) groups excluding carboxylic acids is 2. The van der Waals surface area contributed by atoms with Crippen LogP contribution in [0.4, 0.5) is 5.00 Å². The third kappa shape index (κ3) is 4.76. The molecule has 6 heteroatoms. The number of rotatable bonds is 6. The highest BCUT2D eigenvalue weighted by Crippen LogP contribution is 2.36. The number of hydrogen-bond donors (Lipinski definition) is 1. The third-order valence-electron chi connectivity index (χ3n) is 3.89. The number of ether oxygens (including phenoxy) is 1.